The molecule has 0 radical (unpaired) electrons. The number of esters is 1. The number of hydrogen-bond acceptors (Lipinski definition) is 8. The fourth-order valence-electron chi connectivity index (χ4n) is 4.15. The van der Waals surface area contributed by atoms with Crippen molar-refractivity contribution in [1.82, 2.24) is 14.8 Å². The molecule has 7 nitrogen and oxygen atoms in total. The molecule has 1 atom stereocenters. The predicted molar refractivity (Wildman–Crippen MR) is 139 cm³/mol. The summed E-state index contributed by atoms with van der Waals surface area (Å²) in [7, 11) is 1.34. The Kier molecular flexibility index (Phi) is 8.10. The zero-order valence-electron chi connectivity index (χ0n) is 20.0. The molecule has 3 aromatic rings. The number of carbonyl (C=O) groups excluding carboxylic acids is 2. The van der Waals surface area contributed by atoms with E-state index < -0.39 is 5.97 Å². The molecule has 0 aliphatic heterocycles. The van der Waals surface area contributed by atoms with Crippen molar-refractivity contribution in [3.05, 3.63) is 32.3 Å². The van der Waals surface area contributed by atoms with Gasteiger partial charge in [-0.25, -0.2) is 4.79 Å². The lowest BCUT2D eigenvalue weighted by molar-refractivity contribution is -0.113. The number of amides is 1. The Balaban J connectivity index is 1.49. The SMILES string of the molecule is CCCn1c(SCC(=O)Nc2sc(CC)cc2C(=O)OC)nnc1-c1csc2c1CCC(C)C2. The molecule has 182 valence electrons. The molecular weight excluding hydrogens is 488 g/mol. The summed E-state index contributed by atoms with van der Waals surface area (Å²) in [5.74, 6) is 1.18. The summed E-state index contributed by atoms with van der Waals surface area (Å²) in [5.41, 5.74) is 3.01. The van der Waals surface area contributed by atoms with E-state index in [0.717, 1.165) is 54.0 Å². The molecule has 0 saturated carbocycles. The van der Waals surface area contributed by atoms with Gasteiger partial charge in [0.1, 0.15) is 5.00 Å². The fourth-order valence-corrected chi connectivity index (χ4v) is 7.16. The topological polar surface area (TPSA) is 86.1 Å². The second-order valence-electron chi connectivity index (χ2n) is 8.49. The number of anilines is 1. The van der Waals surface area contributed by atoms with Crippen LogP contribution in [0.2, 0.25) is 0 Å². The molecule has 0 aromatic carbocycles. The number of rotatable bonds is 9. The normalized spacial score (nSPS) is 15.2. The van der Waals surface area contributed by atoms with Crippen molar-refractivity contribution in [1.29, 1.82) is 0 Å². The van der Waals surface area contributed by atoms with Gasteiger partial charge >= 0.3 is 5.97 Å². The van der Waals surface area contributed by atoms with E-state index in [4.69, 9.17) is 4.74 Å². The maximum Gasteiger partial charge on any atom is 0.340 e. The van der Waals surface area contributed by atoms with Crippen molar-refractivity contribution in [2.75, 3.05) is 18.2 Å². The predicted octanol–water partition coefficient (Wildman–Crippen LogP) is 5.68. The van der Waals surface area contributed by atoms with Gasteiger partial charge in [0, 0.05) is 27.2 Å². The molecule has 3 aromatic heterocycles. The van der Waals surface area contributed by atoms with Gasteiger partial charge in [-0.3, -0.25) is 4.79 Å². The number of methoxy groups -OCH3 is 1. The van der Waals surface area contributed by atoms with Crippen molar-refractivity contribution in [3.8, 4) is 11.4 Å². The van der Waals surface area contributed by atoms with Crippen LogP contribution in [0.15, 0.2) is 16.6 Å². The van der Waals surface area contributed by atoms with Gasteiger partial charge in [0.05, 0.1) is 18.4 Å². The van der Waals surface area contributed by atoms with Crippen molar-refractivity contribution in [2.45, 2.75) is 64.6 Å². The first kappa shape index (κ1) is 24.9. The third-order valence-corrected chi connectivity index (χ3v) is 9.14. The Morgan fingerprint density at radius 3 is 2.88 bits per heavy atom. The average molecular weight is 519 g/mol. The van der Waals surface area contributed by atoms with Gasteiger partial charge in [-0.05, 0) is 49.7 Å². The lowest BCUT2D eigenvalue weighted by Crippen LogP contribution is -2.16. The van der Waals surface area contributed by atoms with Crippen molar-refractivity contribution in [2.24, 2.45) is 5.92 Å². The number of nitrogens with zero attached hydrogens (tertiary/aromatic N) is 3. The summed E-state index contributed by atoms with van der Waals surface area (Å²) in [4.78, 5) is 27.3. The van der Waals surface area contributed by atoms with Gasteiger partial charge in [0.25, 0.3) is 0 Å². The standard InChI is InChI=1S/C24H30N4O3S3/c1-5-9-28-21(18-12-32-19-10-14(3)7-8-16(18)19)26-27-24(28)33-13-20(29)25-22-17(23(30)31-4)11-15(6-2)34-22/h11-12,14H,5-10,13H2,1-4H3,(H,25,29). The molecular formula is C24H30N4O3S3. The number of aryl methyl sites for hydroxylation is 1. The number of nitrogens with one attached hydrogen (secondary N) is 1. The molecule has 34 heavy (non-hydrogen) atoms. The Morgan fingerprint density at radius 1 is 1.32 bits per heavy atom. The molecule has 10 heteroatoms. The minimum Gasteiger partial charge on any atom is -0.465 e. The first-order valence-electron chi connectivity index (χ1n) is 11.6. The van der Waals surface area contributed by atoms with Crippen LogP contribution in [0.5, 0.6) is 0 Å². The van der Waals surface area contributed by atoms with E-state index in [1.54, 1.807) is 6.07 Å². The van der Waals surface area contributed by atoms with E-state index in [1.165, 1.54) is 52.6 Å². The Bertz CT molecular complexity index is 1180. The molecule has 0 spiro atoms. The van der Waals surface area contributed by atoms with Crippen molar-refractivity contribution in [3.63, 3.8) is 0 Å². The van der Waals surface area contributed by atoms with Crippen LogP contribution in [0, 0.1) is 5.92 Å². The van der Waals surface area contributed by atoms with E-state index in [9.17, 15) is 9.59 Å². The zero-order valence-corrected chi connectivity index (χ0v) is 22.4. The number of hydrogen-bond donors (Lipinski definition) is 1. The molecule has 4 rings (SSSR count). The number of aromatic nitrogens is 3. The van der Waals surface area contributed by atoms with E-state index >= 15 is 0 Å². The minimum absolute atomic E-state index is 0.182. The first-order valence-corrected chi connectivity index (χ1v) is 14.3. The highest BCUT2D eigenvalue weighted by atomic mass is 32.2. The summed E-state index contributed by atoms with van der Waals surface area (Å²) in [6.07, 6.45) is 5.16. The maximum absolute atomic E-state index is 12.7. The molecule has 0 saturated heterocycles. The summed E-state index contributed by atoms with van der Waals surface area (Å²) < 4.78 is 7.00. The van der Waals surface area contributed by atoms with Crippen molar-refractivity contribution >= 4 is 51.3 Å². The van der Waals surface area contributed by atoms with Crippen LogP contribution in [-0.4, -0.2) is 39.5 Å². The summed E-state index contributed by atoms with van der Waals surface area (Å²) in [6.45, 7) is 7.25. The number of thioether (sulfide) groups is 1. The molecule has 1 aliphatic rings. The van der Waals surface area contributed by atoms with E-state index in [0.29, 0.717) is 10.6 Å². The number of ether oxygens (including phenoxy) is 1. The third-order valence-electron chi connectivity index (χ3n) is 5.93. The molecule has 3 heterocycles. The molecule has 1 amide bonds. The van der Waals surface area contributed by atoms with Gasteiger partial charge in [-0.15, -0.1) is 32.9 Å². The fraction of sp³-hybridized carbons (Fsp3) is 0.500. The highest BCUT2D eigenvalue weighted by Gasteiger charge is 2.25. The van der Waals surface area contributed by atoms with Gasteiger partial charge in [0.2, 0.25) is 5.91 Å². The minimum atomic E-state index is -0.445. The lowest BCUT2D eigenvalue weighted by atomic mass is 9.88. The van der Waals surface area contributed by atoms with Crippen LogP contribution in [0.25, 0.3) is 11.4 Å². The van der Waals surface area contributed by atoms with Gasteiger partial charge in [-0.2, -0.15) is 0 Å². The smallest absolute Gasteiger partial charge is 0.340 e. The van der Waals surface area contributed by atoms with Gasteiger partial charge < -0.3 is 14.6 Å². The summed E-state index contributed by atoms with van der Waals surface area (Å²) >= 11 is 4.60. The maximum atomic E-state index is 12.7. The molecule has 0 fully saturated rings. The van der Waals surface area contributed by atoms with Gasteiger partial charge in [-0.1, -0.05) is 32.5 Å². The second kappa shape index (κ2) is 11.0. The van der Waals surface area contributed by atoms with Crippen LogP contribution >= 0.6 is 34.4 Å². The second-order valence-corrected chi connectivity index (χ2v) is 11.5. The van der Waals surface area contributed by atoms with Crippen LogP contribution in [0.1, 0.15) is 59.3 Å². The van der Waals surface area contributed by atoms with Crippen LogP contribution in [-0.2, 0) is 35.3 Å². The Labute approximate surface area is 212 Å². The Hall–Kier alpha value is -2.17. The highest BCUT2D eigenvalue weighted by molar-refractivity contribution is 7.99. The third kappa shape index (κ3) is 5.23. The monoisotopic (exact) mass is 518 g/mol. The Morgan fingerprint density at radius 2 is 2.15 bits per heavy atom. The highest BCUT2D eigenvalue weighted by Crippen LogP contribution is 2.38. The molecule has 1 aliphatic carbocycles. The van der Waals surface area contributed by atoms with E-state index in [-0.39, 0.29) is 11.7 Å². The lowest BCUT2D eigenvalue weighted by Gasteiger charge is -2.19. The summed E-state index contributed by atoms with van der Waals surface area (Å²) in [6, 6.07) is 1.78. The zero-order chi connectivity index (χ0) is 24.2. The number of fused-ring (bicyclic) bond motifs is 1. The number of thiophene rings is 2. The molecule has 1 N–H and O–H groups in total. The van der Waals surface area contributed by atoms with Crippen LogP contribution in [0.3, 0.4) is 0 Å². The average Bonchev–Trinajstić information content (AvgIpc) is 3.54. The van der Waals surface area contributed by atoms with Gasteiger partial charge in [0.15, 0.2) is 11.0 Å². The van der Waals surface area contributed by atoms with E-state index in [1.807, 2.05) is 18.3 Å². The van der Waals surface area contributed by atoms with Crippen LogP contribution < -0.4 is 5.32 Å². The van der Waals surface area contributed by atoms with Crippen LogP contribution in [0.4, 0.5) is 5.00 Å². The van der Waals surface area contributed by atoms with Crippen molar-refractivity contribution < 1.29 is 14.3 Å². The largest absolute Gasteiger partial charge is 0.465 e. The molecule has 0 bridgehead atoms. The number of carbonyl (C=O) groups is 2. The van der Waals surface area contributed by atoms with E-state index in [2.05, 4.69) is 39.3 Å². The first-order chi connectivity index (χ1) is 16.4. The molecule has 1 unspecified atom stereocenters. The quantitative estimate of drug-likeness (QED) is 0.290. The summed E-state index contributed by atoms with van der Waals surface area (Å²) in [5, 5.41) is 15.4.